The molecule has 1 atom stereocenters. The van der Waals surface area contributed by atoms with Crippen LogP contribution in [0.4, 0.5) is 0 Å². The van der Waals surface area contributed by atoms with Crippen LogP contribution < -0.4 is 0 Å². The minimum atomic E-state index is -0.958. The van der Waals surface area contributed by atoms with Crippen LogP contribution in [0.25, 0.3) is 0 Å². The standard InChI is InChI=1S/C10H12O3S/c1-3-13-10(12)7(2)9(11)8-4-5-14-6-8/h4-6,9,11H,2-3H2,1H3. The number of rotatable bonds is 4. The summed E-state index contributed by atoms with van der Waals surface area (Å²) in [5, 5.41) is 13.3. The highest BCUT2D eigenvalue weighted by Crippen LogP contribution is 2.23. The summed E-state index contributed by atoms with van der Waals surface area (Å²) in [6.45, 7) is 5.51. The lowest BCUT2D eigenvalue weighted by Gasteiger charge is -2.10. The molecule has 0 aromatic carbocycles. The van der Waals surface area contributed by atoms with E-state index in [1.165, 1.54) is 11.3 Å². The first-order valence-electron chi connectivity index (χ1n) is 4.23. The maximum atomic E-state index is 11.2. The van der Waals surface area contributed by atoms with Gasteiger partial charge in [-0.3, -0.25) is 0 Å². The van der Waals surface area contributed by atoms with E-state index in [9.17, 15) is 9.90 Å². The Hall–Kier alpha value is -1.13. The second-order valence-corrected chi connectivity index (χ2v) is 3.48. The summed E-state index contributed by atoms with van der Waals surface area (Å²) in [5.41, 5.74) is 0.748. The Kier molecular flexibility index (Phi) is 3.85. The Balaban J connectivity index is 2.66. The number of aliphatic hydroxyl groups is 1. The van der Waals surface area contributed by atoms with E-state index in [0.717, 1.165) is 0 Å². The van der Waals surface area contributed by atoms with Crippen molar-refractivity contribution >= 4 is 17.3 Å². The number of carbonyl (C=O) groups excluding carboxylic acids is 1. The molecule has 14 heavy (non-hydrogen) atoms. The Morgan fingerprint density at radius 1 is 1.79 bits per heavy atom. The number of esters is 1. The number of carbonyl (C=O) groups is 1. The van der Waals surface area contributed by atoms with Crippen molar-refractivity contribution in [3.63, 3.8) is 0 Å². The lowest BCUT2D eigenvalue weighted by molar-refractivity contribution is -0.139. The summed E-state index contributed by atoms with van der Waals surface area (Å²) in [6, 6.07) is 1.75. The molecule has 0 amide bonds. The molecule has 76 valence electrons. The van der Waals surface area contributed by atoms with Crippen molar-refractivity contribution in [2.75, 3.05) is 6.61 Å². The molecule has 0 spiro atoms. The van der Waals surface area contributed by atoms with Gasteiger partial charge in [0.05, 0.1) is 12.2 Å². The highest BCUT2D eigenvalue weighted by atomic mass is 32.1. The van der Waals surface area contributed by atoms with Crippen LogP contribution in [0.3, 0.4) is 0 Å². The molecule has 1 heterocycles. The van der Waals surface area contributed by atoms with Gasteiger partial charge in [-0.1, -0.05) is 6.58 Å². The molecule has 1 aromatic heterocycles. The Morgan fingerprint density at radius 2 is 2.50 bits per heavy atom. The highest BCUT2D eigenvalue weighted by Gasteiger charge is 2.19. The van der Waals surface area contributed by atoms with Gasteiger partial charge in [0.15, 0.2) is 0 Å². The lowest BCUT2D eigenvalue weighted by Crippen LogP contribution is -2.13. The fourth-order valence-electron chi connectivity index (χ4n) is 0.967. The smallest absolute Gasteiger partial charge is 0.336 e. The van der Waals surface area contributed by atoms with E-state index in [2.05, 4.69) is 6.58 Å². The third kappa shape index (κ3) is 2.43. The second kappa shape index (κ2) is 4.93. The first kappa shape index (κ1) is 10.9. The molecular formula is C10H12O3S. The second-order valence-electron chi connectivity index (χ2n) is 2.70. The zero-order valence-electron chi connectivity index (χ0n) is 7.90. The molecule has 3 nitrogen and oxygen atoms in total. The molecule has 0 saturated carbocycles. The van der Waals surface area contributed by atoms with Crippen molar-refractivity contribution < 1.29 is 14.6 Å². The summed E-state index contributed by atoms with van der Waals surface area (Å²) in [5.74, 6) is -0.550. The van der Waals surface area contributed by atoms with Gasteiger partial charge in [0.2, 0.25) is 0 Å². The summed E-state index contributed by atoms with van der Waals surface area (Å²) >= 11 is 1.46. The highest BCUT2D eigenvalue weighted by molar-refractivity contribution is 7.08. The van der Waals surface area contributed by atoms with Gasteiger partial charge in [0.1, 0.15) is 6.10 Å². The fraction of sp³-hybridized carbons (Fsp3) is 0.300. The molecule has 0 aliphatic rings. The van der Waals surface area contributed by atoms with Crippen LogP contribution in [-0.4, -0.2) is 17.7 Å². The Morgan fingerprint density at radius 3 is 3.00 bits per heavy atom. The van der Waals surface area contributed by atoms with Crippen molar-refractivity contribution in [2.45, 2.75) is 13.0 Å². The molecule has 4 heteroatoms. The van der Waals surface area contributed by atoms with E-state index in [-0.39, 0.29) is 12.2 Å². The van der Waals surface area contributed by atoms with Gasteiger partial charge in [-0.2, -0.15) is 11.3 Å². The largest absolute Gasteiger partial charge is 0.463 e. The number of ether oxygens (including phenoxy) is 1. The lowest BCUT2D eigenvalue weighted by atomic mass is 10.1. The van der Waals surface area contributed by atoms with Gasteiger partial charge in [0, 0.05) is 0 Å². The predicted molar refractivity (Wildman–Crippen MR) is 55.1 cm³/mol. The van der Waals surface area contributed by atoms with Crippen molar-refractivity contribution in [1.29, 1.82) is 0 Å². The van der Waals surface area contributed by atoms with Crippen molar-refractivity contribution in [3.05, 3.63) is 34.5 Å². The summed E-state index contributed by atoms with van der Waals surface area (Å²) < 4.78 is 4.73. The maximum absolute atomic E-state index is 11.2. The van der Waals surface area contributed by atoms with Crippen LogP contribution in [0.1, 0.15) is 18.6 Å². The monoisotopic (exact) mass is 212 g/mol. The van der Waals surface area contributed by atoms with Crippen LogP contribution in [0.15, 0.2) is 29.0 Å². The minimum absolute atomic E-state index is 0.0743. The van der Waals surface area contributed by atoms with Gasteiger partial charge < -0.3 is 9.84 Å². The van der Waals surface area contributed by atoms with Gasteiger partial charge in [-0.15, -0.1) is 0 Å². The minimum Gasteiger partial charge on any atom is -0.463 e. The predicted octanol–water partition coefficient (Wildman–Crippen LogP) is 1.90. The first-order chi connectivity index (χ1) is 6.66. The summed E-state index contributed by atoms with van der Waals surface area (Å²) in [7, 11) is 0. The van der Waals surface area contributed by atoms with Gasteiger partial charge in [-0.25, -0.2) is 4.79 Å². The van der Waals surface area contributed by atoms with Gasteiger partial charge >= 0.3 is 5.97 Å². The number of aliphatic hydroxyl groups excluding tert-OH is 1. The molecule has 0 aliphatic heterocycles. The van der Waals surface area contributed by atoms with Crippen molar-refractivity contribution in [1.82, 2.24) is 0 Å². The Labute approximate surface area is 86.6 Å². The van der Waals surface area contributed by atoms with E-state index in [1.807, 2.05) is 5.38 Å². The topological polar surface area (TPSA) is 46.5 Å². The normalized spacial score (nSPS) is 12.1. The molecule has 1 N–H and O–H groups in total. The maximum Gasteiger partial charge on any atom is 0.336 e. The van der Waals surface area contributed by atoms with E-state index < -0.39 is 12.1 Å². The third-order valence-corrected chi connectivity index (χ3v) is 2.43. The average molecular weight is 212 g/mol. The van der Waals surface area contributed by atoms with Gasteiger partial charge in [0.25, 0.3) is 0 Å². The first-order valence-corrected chi connectivity index (χ1v) is 5.17. The number of thiophene rings is 1. The van der Waals surface area contributed by atoms with Crippen LogP contribution in [0, 0.1) is 0 Å². The molecule has 0 bridgehead atoms. The zero-order valence-corrected chi connectivity index (χ0v) is 8.71. The molecule has 0 fully saturated rings. The van der Waals surface area contributed by atoms with Crippen LogP contribution >= 0.6 is 11.3 Å². The van der Waals surface area contributed by atoms with E-state index in [4.69, 9.17) is 4.74 Å². The SMILES string of the molecule is C=C(C(=O)OCC)C(O)c1ccsc1. The molecule has 0 saturated heterocycles. The average Bonchev–Trinajstić information content (AvgIpc) is 2.68. The van der Waals surface area contributed by atoms with Crippen molar-refractivity contribution in [3.8, 4) is 0 Å². The molecule has 0 radical (unpaired) electrons. The quantitative estimate of drug-likeness (QED) is 0.612. The molecule has 0 aliphatic carbocycles. The third-order valence-electron chi connectivity index (χ3n) is 1.73. The fourth-order valence-corrected chi connectivity index (χ4v) is 1.65. The van der Waals surface area contributed by atoms with Crippen LogP contribution in [-0.2, 0) is 9.53 Å². The van der Waals surface area contributed by atoms with E-state index in [1.54, 1.807) is 18.4 Å². The molecule has 1 aromatic rings. The number of hydrogen-bond acceptors (Lipinski definition) is 4. The molecular weight excluding hydrogens is 200 g/mol. The van der Waals surface area contributed by atoms with E-state index >= 15 is 0 Å². The van der Waals surface area contributed by atoms with Crippen molar-refractivity contribution in [2.24, 2.45) is 0 Å². The number of hydrogen-bond donors (Lipinski definition) is 1. The Bertz CT molecular complexity index is 316. The van der Waals surface area contributed by atoms with E-state index in [0.29, 0.717) is 5.56 Å². The summed E-state index contributed by atoms with van der Waals surface area (Å²) in [4.78, 5) is 11.2. The van der Waals surface area contributed by atoms with Crippen LogP contribution in [0.2, 0.25) is 0 Å². The molecule has 1 unspecified atom stereocenters. The zero-order chi connectivity index (χ0) is 10.6. The molecule has 1 rings (SSSR count). The van der Waals surface area contributed by atoms with Gasteiger partial charge in [-0.05, 0) is 29.3 Å². The summed E-state index contributed by atoms with van der Waals surface area (Å²) in [6.07, 6.45) is -0.958. The van der Waals surface area contributed by atoms with Crippen LogP contribution in [0.5, 0.6) is 0 Å².